The number of nitrogens with zero attached hydrogens (tertiary/aromatic N) is 4. The van der Waals surface area contributed by atoms with Gasteiger partial charge in [0.05, 0.1) is 12.2 Å². The Kier molecular flexibility index (Phi) is 7.04. The monoisotopic (exact) mass is 432 g/mol. The SMILES string of the molecule is CCNC(=NCc1cn2c(C)cccc2n1)NCC1CC(=O)N(CCc2ccccc2)C1. The van der Waals surface area contributed by atoms with Crippen molar-refractivity contribution in [2.75, 3.05) is 26.2 Å². The van der Waals surface area contributed by atoms with Crippen LogP contribution in [0.1, 0.15) is 30.3 Å². The third kappa shape index (κ3) is 5.46. The smallest absolute Gasteiger partial charge is 0.223 e. The molecule has 3 heterocycles. The number of carbonyl (C=O) groups excluding carboxylic acids is 1. The van der Waals surface area contributed by atoms with E-state index >= 15 is 0 Å². The summed E-state index contributed by atoms with van der Waals surface area (Å²) in [7, 11) is 0. The summed E-state index contributed by atoms with van der Waals surface area (Å²) in [6, 6.07) is 16.4. The number of aromatic nitrogens is 2. The second-order valence-electron chi connectivity index (χ2n) is 8.35. The summed E-state index contributed by atoms with van der Waals surface area (Å²) in [6.45, 7) is 7.70. The van der Waals surface area contributed by atoms with E-state index in [0.717, 1.165) is 55.6 Å². The molecule has 1 unspecified atom stereocenters. The van der Waals surface area contributed by atoms with Crippen LogP contribution in [0.15, 0.2) is 59.7 Å². The average molecular weight is 433 g/mol. The Morgan fingerprint density at radius 2 is 2.00 bits per heavy atom. The molecule has 1 fully saturated rings. The van der Waals surface area contributed by atoms with Crippen molar-refractivity contribution >= 4 is 17.5 Å². The van der Waals surface area contributed by atoms with E-state index in [0.29, 0.717) is 18.9 Å². The molecule has 0 spiro atoms. The molecule has 7 nitrogen and oxygen atoms in total. The van der Waals surface area contributed by atoms with E-state index in [-0.39, 0.29) is 5.91 Å². The molecule has 2 aromatic heterocycles. The fourth-order valence-corrected chi connectivity index (χ4v) is 4.13. The van der Waals surface area contributed by atoms with Crippen LogP contribution in [-0.4, -0.2) is 52.3 Å². The molecule has 1 atom stereocenters. The van der Waals surface area contributed by atoms with Crippen molar-refractivity contribution in [3.63, 3.8) is 0 Å². The highest BCUT2D eigenvalue weighted by Crippen LogP contribution is 2.17. The largest absolute Gasteiger partial charge is 0.357 e. The lowest BCUT2D eigenvalue weighted by molar-refractivity contribution is -0.127. The van der Waals surface area contributed by atoms with Crippen molar-refractivity contribution < 1.29 is 4.79 Å². The third-order valence-electron chi connectivity index (χ3n) is 5.86. The molecule has 3 aromatic rings. The Bertz CT molecular complexity index is 1070. The van der Waals surface area contributed by atoms with Crippen LogP contribution in [0.2, 0.25) is 0 Å². The van der Waals surface area contributed by atoms with Crippen LogP contribution < -0.4 is 10.6 Å². The van der Waals surface area contributed by atoms with Gasteiger partial charge in [0, 0.05) is 50.4 Å². The van der Waals surface area contributed by atoms with Gasteiger partial charge >= 0.3 is 0 Å². The van der Waals surface area contributed by atoms with Gasteiger partial charge in [0.2, 0.25) is 5.91 Å². The maximum absolute atomic E-state index is 12.4. The maximum Gasteiger partial charge on any atom is 0.223 e. The van der Waals surface area contributed by atoms with Crippen LogP contribution in [0.25, 0.3) is 5.65 Å². The van der Waals surface area contributed by atoms with Gasteiger partial charge < -0.3 is 19.9 Å². The van der Waals surface area contributed by atoms with E-state index in [9.17, 15) is 4.79 Å². The van der Waals surface area contributed by atoms with Crippen LogP contribution in [0.5, 0.6) is 0 Å². The lowest BCUT2D eigenvalue weighted by atomic mass is 10.1. The van der Waals surface area contributed by atoms with Crippen LogP contribution in [0.4, 0.5) is 0 Å². The number of benzene rings is 1. The van der Waals surface area contributed by atoms with Gasteiger partial charge in [-0.15, -0.1) is 0 Å². The Morgan fingerprint density at radius 3 is 2.78 bits per heavy atom. The van der Waals surface area contributed by atoms with E-state index in [4.69, 9.17) is 4.99 Å². The van der Waals surface area contributed by atoms with Crippen LogP contribution in [0, 0.1) is 12.8 Å². The number of guanidine groups is 1. The van der Waals surface area contributed by atoms with Gasteiger partial charge in [-0.3, -0.25) is 4.79 Å². The topological polar surface area (TPSA) is 74.0 Å². The summed E-state index contributed by atoms with van der Waals surface area (Å²) >= 11 is 0. The first-order chi connectivity index (χ1) is 15.6. The first-order valence-corrected chi connectivity index (χ1v) is 11.4. The van der Waals surface area contributed by atoms with E-state index in [1.54, 1.807) is 0 Å². The Labute approximate surface area is 189 Å². The number of aryl methyl sites for hydroxylation is 1. The van der Waals surface area contributed by atoms with Crippen LogP contribution in [-0.2, 0) is 17.8 Å². The predicted molar refractivity (Wildman–Crippen MR) is 128 cm³/mol. The lowest BCUT2D eigenvalue weighted by Crippen LogP contribution is -2.40. The van der Waals surface area contributed by atoms with Crippen molar-refractivity contribution in [1.82, 2.24) is 24.9 Å². The molecular weight excluding hydrogens is 400 g/mol. The van der Waals surface area contributed by atoms with Crippen LogP contribution >= 0.6 is 0 Å². The molecule has 0 saturated carbocycles. The first-order valence-electron chi connectivity index (χ1n) is 11.4. The summed E-state index contributed by atoms with van der Waals surface area (Å²) < 4.78 is 2.08. The molecule has 0 radical (unpaired) electrons. The fraction of sp³-hybridized carbons (Fsp3) is 0.400. The van der Waals surface area contributed by atoms with E-state index in [1.165, 1.54) is 5.56 Å². The van der Waals surface area contributed by atoms with E-state index in [2.05, 4.69) is 52.1 Å². The van der Waals surface area contributed by atoms with Crippen molar-refractivity contribution in [1.29, 1.82) is 0 Å². The zero-order valence-corrected chi connectivity index (χ0v) is 18.9. The van der Waals surface area contributed by atoms with Crippen molar-refractivity contribution in [2.45, 2.75) is 33.2 Å². The molecule has 32 heavy (non-hydrogen) atoms. The summed E-state index contributed by atoms with van der Waals surface area (Å²) in [5, 5.41) is 6.72. The van der Waals surface area contributed by atoms with Crippen molar-refractivity contribution in [3.8, 4) is 0 Å². The Morgan fingerprint density at radius 1 is 1.16 bits per heavy atom. The standard InChI is InChI=1S/C25H32N6O/c1-3-26-25(28-16-22-18-31-19(2)8-7-11-23(31)29-22)27-15-21-14-24(32)30(17-21)13-12-20-9-5-4-6-10-20/h4-11,18,21H,3,12-17H2,1-2H3,(H2,26,27,28). The molecule has 0 aliphatic carbocycles. The average Bonchev–Trinajstić information content (AvgIpc) is 3.38. The van der Waals surface area contributed by atoms with Gasteiger partial charge in [-0.05, 0) is 38.0 Å². The summed E-state index contributed by atoms with van der Waals surface area (Å²) in [4.78, 5) is 23.8. The van der Waals surface area contributed by atoms with Gasteiger partial charge in [-0.1, -0.05) is 36.4 Å². The number of amides is 1. The van der Waals surface area contributed by atoms with Crippen molar-refractivity contribution in [2.24, 2.45) is 10.9 Å². The predicted octanol–water partition coefficient (Wildman–Crippen LogP) is 2.79. The van der Waals surface area contributed by atoms with Gasteiger partial charge in [-0.25, -0.2) is 9.98 Å². The Balaban J connectivity index is 1.30. The van der Waals surface area contributed by atoms with E-state index < -0.39 is 0 Å². The second kappa shape index (κ2) is 10.3. The van der Waals surface area contributed by atoms with Crippen LogP contribution in [0.3, 0.4) is 0 Å². The number of pyridine rings is 1. The zero-order chi connectivity index (χ0) is 22.3. The van der Waals surface area contributed by atoms with E-state index in [1.807, 2.05) is 41.4 Å². The quantitative estimate of drug-likeness (QED) is 0.424. The minimum Gasteiger partial charge on any atom is -0.357 e. The molecule has 2 N–H and O–H groups in total. The Hall–Kier alpha value is -3.35. The second-order valence-corrected chi connectivity index (χ2v) is 8.35. The first kappa shape index (κ1) is 21.9. The highest BCUT2D eigenvalue weighted by molar-refractivity contribution is 5.81. The number of hydrogen-bond donors (Lipinski definition) is 2. The normalized spacial score (nSPS) is 16.7. The minimum atomic E-state index is 0.245. The molecular formula is C25H32N6O. The molecule has 1 aromatic carbocycles. The highest BCUT2D eigenvalue weighted by atomic mass is 16.2. The molecule has 1 saturated heterocycles. The maximum atomic E-state index is 12.4. The molecule has 168 valence electrons. The lowest BCUT2D eigenvalue weighted by Gasteiger charge is -2.18. The summed E-state index contributed by atoms with van der Waals surface area (Å²) in [5.74, 6) is 1.30. The van der Waals surface area contributed by atoms with Gasteiger partial charge in [0.1, 0.15) is 5.65 Å². The molecule has 4 rings (SSSR count). The number of aliphatic imine (C=N–C) groups is 1. The number of carbonyl (C=O) groups is 1. The summed E-state index contributed by atoms with van der Waals surface area (Å²) in [6.07, 6.45) is 3.53. The zero-order valence-electron chi connectivity index (χ0n) is 18.9. The summed E-state index contributed by atoms with van der Waals surface area (Å²) in [5.41, 5.74) is 4.29. The number of nitrogens with one attached hydrogen (secondary N) is 2. The fourth-order valence-electron chi connectivity index (χ4n) is 4.13. The molecule has 1 aliphatic rings. The third-order valence-corrected chi connectivity index (χ3v) is 5.86. The van der Waals surface area contributed by atoms with Gasteiger partial charge in [-0.2, -0.15) is 0 Å². The number of rotatable bonds is 8. The number of hydrogen-bond acceptors (Lipinski definition) is 3. The van der Waals surface area contributed by atoms with Gasteiger partial charge in [0.25, 0.3) is 0 Å². The minimum absolute atomic E-state index is 0.245. The van der Waals surface area contributed by atoms with Crippen molar-refractivity contribution in [3.05, 3.63) is 71.7 Å². The molecule has 1 amide bonds. The number of likely N-dealkylation sites (tertiary alicyclic amines) is 1. The molecule has 7 heteroatoms. The molecule has 1 aliphatic heterocycles. The number of fused-ring (bicyclic) bond motifs is 1. The molecule has 0 bridgehead atoms. The van der Waals surface area contributed by atoms with Gasteiger partial charge in [0.15, 0.2) is 5.96 Å². The number of imidazole rings is 1. The highest BCUT2D eigenvalue weighted by Gasteiger charge is 2.29.